The number of anilines is 1. The van der Waals surface area contributed by atoms with Crippen molar-refractivity contribution in [3.8, 4) is 5.75 Å². The van der Waals surface area contributed by atoms with Crippen LogP contribution in [0.25, 0.3) is 0 Å². The molecule has 0 aliphatic heterocycles. The molecular weight excluding hydrogens is 376 g/mol. The van der Waals surface area contributed by atoms with Crippen LogP contribution in [-0.4, -0.2) is 18.9 Å². The van der Waals surface area contributed by atoms with Gasteiger partial charge in [-0.1, -0.05) is 60.7 Å². The van der Waals surface area contributed by atoms with E-state index in [2.05, 4.69) is 5.32 Å². The van der Waals surface area contributed by atoms with Gasteiger partial charge in [0, 0.05) is 12.6 Å². The molecule has 3 rings (SSSR count). The van der Waals surface area contributed by atoms with Gasteiger partial charge in [0.2, 0.25) is 11.8 Å². The lowest BCUT2D eigenvalue weighted by molar-refractivity contribution is -0.121. The van der Waals surface area contributed by atoms with E-state index in [0.717, 1.165) is 22.6 Å². The van der Waals surface area contributed by atoms with Crippen LogP contribution in [-0.2, 0) is 16.1 Å². The Bertz CT molecular complexity index is 957. The van der Waals surface area contributed by atoms with Gasteiger partial charge in [0.05, 0.1) is 26.1 Å². The van der Waals surface area contributed by atoms with Gasteiger partial charge in [-0.15, -0.1) is 0 Å². The van der Waals surface area contributed by atoms with E-state index in [4.69, 9.17) is 4.74 Å². The van der Waals surface area contributed by atoms with Crippen molar-refractivity contribution in [3.63, 3.8) is 0 Å². The number of carbonyl (C=O) groups is 2. The smallest absolute Gasteiger partial charge is 0.229 e. The second kappa shape index (κ2) is 10.3. The number of benzene rings is 3. The quantitative estimate of drug-likeness (QED) is 0.604. The molecule has 0 heterocycles. The average Bonchev–Trinajstić information content (AvgIpc) is 2.78. The number of nitrogens with one attached hydrogen (secondary N) is 1. The van der Waals surface area contributed by atoms with E-state index < -0.39 is 6.04 Å². The van der Waals surface area contributed by atoms with Crippen LogP contribution >= 0.6 is 0 Å². The fourth-order valence-corrected chi connectivity index (χ4v) is 3.32. The Hall–Kier alpha value is -3.60. The highest BCUT2D eigenvalue weighted by atomic mass is 16.5. The largest absolute Gasteiger partial charge is 0.497 e. The van der Waals surface area contributed by atoms with E-state index >= 15 is 0 Å². The molecule has 0 radical (unpaired) electrons. The maximum atomic E-state index is 13.4. The molecule has 0 bridgehead atoms. The molecule has 1 atom stereocenters. The second-order valence-corrected chi connectivity index (χ2v) is 7.03. The fraction of sp³-hybridized carbons (Fsp3) is 0.200. The first kappa shape index (κ1) is 21.1. The average molecular weight is 402 g/mol. The van der Waals surface area contributed by atoms with Gasteiger partial charge >= 0.3 is 0 Å². The minimum absolute atomic E-state index is 0.0772. The van der Waals surface area contributed by atoms with Gasteiger partial charge in [0.1, 0.15) is 5.75 Å². The van der Waals surface area contributed by atoms with Crippen molar-refractivity contribution < 1.29 is 14.3 Å². The molecule has 154 valence electrons. The normalized spacial score (nSPS) is 11.4. The first-order valence-electron chi connectivity index (χ1n) is 9.87. The first-order chi connectivity index (χ1) is 14.6. The zero-order valence-electron chi connectivity index (χ0n) is 17.2. The maximum absolute atomic E-state index is 13.4. The van der Waals surface area contributed by atoms with Crippen LogP contribution in [0.2, 0.25) is 0 Å². The lowest BCUT2D eigenvalue weighted by Gasteiger charge is -2.26. The standard InChI is InChI=1S/C25H26N2O3/c1-19(28)26-24(21-11-7-4-8-12-21)17-25(29)27(18-20-9-5-3-6-10-20)22-13-15-23(30-2)16-14-22/h3-16,24H,17-18H2,1-2H3,(H,26,28). The molecule has 0 spiro atoms. The zero-order chi connectivity index (χ0) is 21.3. The molecule has 1 unspecified atom stereocenters. The molecule has 2 amide bonds. The summed E-state index contributed by atoms with van der Waals surface area (Å²) >= 11 is 0. The molecule has 1 N–H and O–H groups in total. The van der Waals surface area contributed by atoms with Crippen LogP contribution in [0.1, 0.15) is 30.5 Å². The van der Waals surface area contributed by atoms with Crippen LogP contribution in [0.15, 0.2) is 84.9 Å². The summed E-state index contributed by atoms with van der Waals surface area (Å²) in [6.45, 7) is 1.90. The van der Waals surface area contributed by atoms with Crippen LogP contribution in [0.5, 0.6) is 5.75 Å². The monoisotopic (exact) mass is 402 g/mol. The van der Waals surface area contributed by atoms with Crippen molar-refractivity contribution >= 4 is 17.5 Å². The van der Waals surface area contributed by atoms with Crippen molar-refractivity contribution in [2.45, 2.75) is 25.9 Å². The summed E-state index contributed by atoms with van der Waals surface area (Å²) < 4.78 is 5.24. The van der Waals surface area contributed by atoms with E-state index in [1.54, 1.807) is 12.0 Å². The highest BCUT2D eigenvalue weighted by molar-refractivity contribution is 5.94. The Morgan fingerprint density at radius 2 is 1.50 bits per heavy atom. The van der Waals surface area contributed by atoms with Gasteiger partial charge in [-0.05, 0) is 35.4 Å². The summed E-state index contributed by atoms with van der Waals surface area (Å²) in [7, 11) is 1.61. The highest BCUT2D eigenvalue weighted by Crippen LogP contribution is 2.25. The predicted octanol–water partition coefficient (Wildman–Crippen LogP) is 4.50. The Balaban J connectivity index is 1.88. The summed E-state index contributed by atoms with van der Waals surface area (Å²) in [4.78, 5) is 26.9. The fourth-order valence-electron chi connectivity index (χ4n) is 3.32. The Kier molecular flexibility index (Phi) is 7.22. The van der Waals surface area contributed by atoms with E-state index in [-0.39, 0.29) is 18.2 Å². The summed E-state index contributed by atoms with van der Waals surface area (Å²) in [5, 5.41) is 2.91. The van der Waals surface area contributed by atoms with Crippen molar-refractivity contribution in [1.82, 2.24) is 5.32 Å². The molecule has 3 aromatic carbocycles. The molecular formula is C25H26N2O3. The Labute approximate surface area is 177 Å². The van der Waals surface area contributed by atoms with Crippen molar-refractivity contribution in [2.24, 2.45) is 0 Å². The second-order valence-electron chi connectivity index (χ2n) is 7.03. The molecule has 5 nitrogen and oxygen atoms in total. The lowest BCUT2D eigenvalue weighted by atomic mass is 10.0. The van der Waals surface area contributed by atoms with Gasteiger partial charge in [-0.25, -0.2) is 0 Å². The number of amides is 2. The molecule has 0 saturated carbocycles. The number of hydrogen-bond donors (Lipinski definition) is 1. The van der Waals surface area contributed by atoms with E-state index in [1.165, 1.54) is 6.92 Å². The van der Waals surface area contributed by atoms with Crippen LogP contribution in [0.3, 0.4) is 0 Å². The summed E-state index contributed by atoms with van der Waals surface area (Å²) in [5.41, 5.74) is 2.70. The topological polar surface area (TPSA) is 58.6 Å². The molecule has 5 heteroatoms. The number of rotatable bonds is 8. The third kappa shape index (κ3) is 5.70. The van der Waals surface area contributed by atoms with Crippen LogP contribution < -0.4 is 15.0 Å². The van der Waals surface area contributed by atoms with Gasteiger partial charge < -0.3 is 15.0 Å². The zero-order valence-corrected chi connectivity index (χ0v) is 17.2. The van der Waals surface area contributed by atoms with Crippen LogP contribution in [0, 0.1) is 0 Å². The summed E-state index contributed by atoms with van der Waals surface area (Å²) in [6.07, 6.45) is 0.155. The van der Waals surface area contributed by atoms with Crippen molar-refractivity contribution in [2.75, 3.05) is 12.0 Å². The number of methoxy groups -OCH3 is 1. The molecule has 0 aliphatic rings. The Morgan fingerprint density at radius 3 is 2.07 bits per heavy atom. The van der Waals surface area contributed by atoms with Crippen molar-refractivity contribution in [3.05, 3.63) is 96.1 Å². The van der Waals surface area contributed by atoms with Gasteiger partial charge in [0.15, 0.2) is 0 Å². The molecule has 0 fully saturated rings. The molecule has 0 aromatic heterocycles. The Morgan fingerprint density at radius 1 is 0.900 bits per heavy atom. The van der Waals surface area contributed by atoms with Crippen LogP contribution in [0.4, 0.5) is 5.69 Å². The first-order valence-corrected chi connectivity index (χ1v) is 9.87. The number of carbonyl (C=O) groups excluding carboxylic acids is 2. The maximum Gasteiger partial charge on any atom is 0.229 e. The minimum Gasteiger partial charge on any atom is -0.497 e. The molecule has 3 aromatic rings. The number of nitrogens with zero attached hydrogens (tertiary/aromatic N) is 1. The molecule has 0 aliphatic carbocycles. The molecule has 0 saturated heterocycles. The van der Waals surface area contributed by atoms with Gasteiger partial charge in [0.25, 0.3) is 0 Å². The number of ether oxygens (including phenoxy) is 1. The predicted molar refractivity (Wildman–Crippen MR) is 118 cm³/mol. The van der Waals surface area contributed by atoms with E-state index in [1.807, 2.05) is 84.9 Å². The lowest BCUT2D eigenvalue weighted by Crippen LogP contribution is -2.35. The molecule has 30 heavy (non-hydrogen) atoms. The van der Waals surface area contributed by atoms with Crippen molar-refractivity contribution in [1.29, 1.82) is 0 Å². The van der Waals surface area contributed by atoms with Gasteiger partial charge in [-0.2, -0.15) is 0 Å². The highest BCUT2D eigenvalue weighted by Gasteiger charge is 2.23. The number of hydrogen-bond acceptors (Lipinski definition) is 3. The van der Waals surface area contributed by atoms with Gasteiger partial charge in [-0.3, -0.25) is 9.59 Å². The van der Waals surface area contributed by atoms with E-state index in [9.17, 15) is 9.59 Å². The third-order valence-electron chi connectivity index (χ3n) is 4.83. The van der Waals surface area contributed by atoms with E-state index in [0.29, 0.717) is 6.54 Å². The summed E-state index contributed by atoms with van der Waals surface area (Å²) in [5.74, 6) is 0.480. The minimum atomic E-state index is -0.396. The SMILES string of the molecule is COc1ccc(N(Cc2ccccc2)C(=O)CC(NC(C)=O)c2ccccc2)cc1. The third-order valence-corrected chi connectivity index (χ3v) is 4.83. The summed E-state index contributed by atoms with van der Waals surface area (Å²) in [6, 6.07) is 26.4.